The maximum Gasteiger partial charge on any atom is 0.410 e. The summed E-state index contributed by atoms with van der Waals surface area (Å²) >= 11 is 0. The summed E-state index contributed by atoms with van der Waals surface area (Å²) in [6, 6.07) is 0. The van der Waals surface area contributed by atoms with Crippen molar-refractivity contribution >= 4 is 6.09 Å². The summed E-state index contributed by atoms with van der Waals surface area (Å²) < 4.78 is 5.40. The van der Waals surface area contributed by atoms with Crippen LogP contribution < -0.4 is 0 Å². The molecule has 1 aliphatic rings. The van der Waals surface area contributed by atoms with Crippen LogP contribution in [0.1, 0.15) is 53.9 Å². The van der Waals surface area contributed by atoms with Crippen LogP contribution in [0, 0.1) is 11.8 Å². The Bertz CT molecular complexity index is 296. The lowest BCUT2D eigenvalue weighted by Gasteiger charge is -2.27. The van der Waals surface area contributed by atoms with E-state index in [9.17, 15) is 9.90 Å². The predicted octanol–water partition coefficient (Wildman–Crippen LogP) is 3.04. The molecule has 0 spiro atoms. The number of nitrogens with zero attached hydrogens (tertiary/aromatic N) is 1. The van der Waals surface area contributed by atoms with E-state index in [4.69, 9.17) is 4.74 Å². The number of aliphatic hydroxyl groups excluding tert-OH is 1. The van der Waals surface area contributed by atoms with Crippen molar-refractivity contribution in [2.75, 3.05) is 13.1 Å². The molecule has 1 aliphatic heterocycles. The molecule has 19 heavy (non-hydrogen) atoms. The Morgan fingerprint density at radius 2 is 1.89 bits per heavy atom. The third kappa shape index (κ3) is 5.39. The van der Waals surface area contributed by atoms with Gasteiger partial charge in [0.15, 0.2) is 0 Å². The molecule has 1 fully saturated rings. The van der Waals surface area contributed by atoms with Gasteiger partial charge in [-0.1, -0.05) is 13.8 Å². The number of amides is 1. The number of carbonyl (C=O) groups excluding carboxylic acids is 1. The molecule has 1 rings (SSSR count). The Kier molecular flexibility index (Phi) is 5.65. The molecule has 0 bridgehead atoms. The fourth-order valence-electron chi connectivity index (χ4n) is 2.52. The largest absolute Gasteiger partial charge is 0.444 e. The molecule has 0 radical (unpaired) electrons. The normalized spacial score (nSPS) is 23.1. The number of likely N-dealkylation sites (tertiary alicyclic amines) is 1. The van der Waals surface area contributed by atoms with E-state index in [0.29, 0.717) is 12.5 Å². The van der Waals surface area contributed by atoms with Gasteiger partial charge in [0.2, 0.25) is 0 Å². The molecule has 1 heterocycles. The van der Waals surface area contributed by atoms with E-state index in [-0.39, 0.29) is 18.1 Å². The van der Waals surface area contributed by atoms with Gasteiger partial charge in [-0.3, -0.25) is 0 Å². The minimum atomic E-state index is -0.444. The fourth-order valence-corrected chi connectivity index (χ4v) is 2.52. The molecule has 0 aromatic rings. The van der Waals surface area contributed by atoms with Gasteiger partial charge < -0.3 is 14.7 Å². The van der Waals surface area contributed by atoms with Crippen molar-refractivity contribution in [1.82, 2.24) is 4.90 Å². The molecule has 2 unspecified atom stereocenters. The molecule has 0 aromatic heterocycles. The quantitative estimate of drug-likeness (QED) is 0.840. The number of rotatable bonds is 2. The van der Waals surface area contributed by atoms with Crippen LogP contribution in [0.2, 0.25) is 0 Å². The van der Waals surface area contributed by atoms with Crippen LogP contribution in [0.15, 0.2) is 0 Å². The minimum Gasteiger partial charge on any atom is -0.444 e. The van der Waals surface area contributed by atoms with Gasteiger partial charge in [0.25, 0.3) is 0 Å². The number of aliphatic hydroxyl groups is 1. The summed E-state index contributed by atoms with van der Waals surface area (Å²) in [6.45, 7) is 11.2. The van der Waals surface area contributed by atoms with Crippen LogP contribution in [0.3, 0.4) is 0 Å². The molecule has 4 heteroatoms. The topological polar surface area (TPSA) is 49.8 Å². The molecular weight excluding hydrogens is 242 g/mol. The maximum atomic E-state index is 12.0. The number of carbonyl (C=O) groups is 1. The van der Waals surface area contributed by atoms with Crippen molar-refractivity contribution in [3.8, 4) is 0 Å². The van der Waals surface area contributed by atoms with Crippen molar-refractivity contribution < 1.29 is 14.6 Å². The van der Waals surface area contributed by atoms with Gasteiger partial charge in [0.05, 0.1) is 6.10 Å². The summed E-state index contributed by atoms with van der Waals surface area (Å²) in [5, 5.41) is 10.2. The fraction of sp³-hybridized carbons (Fsp3) is 0.933. The molecule has 1 saturated heterocycles. The molecule has 0 saturated carbocycles. The van der Waals surface area contributed by atoms with Crippen LogP contribution in [0.25, 0.3) is 0 Å². The summed E-state index contributed by atoms with van der Waals surface area (Å²) in [6.07, 6.45) is 2.29. The highest BCUT2D eigenvalue weighted by Gasteiger charge is 2.28. The van der Waals surface area contributed by atoms with E-state index >= 15 is 0 Å². The van der Waals surface area contributed by atoms with Crippen LogP contribution >= 0.6 is 0 Å². The molecule has 2 atom stereocenters. The van der Waals surface area contributed by atoms with Crippen LogP contribution in [0.4, 0.5) is 4.79 Å². The van der Waals surface area contributed by atoms with Gasteiger partial charge in [-0.2, -0.15) is 0 Å². The zero-order valence-corrected chi connectivity index (χ0v) is 13.0. The number of hydrogen-bond acceptors (Lipinski definition) is 3. The Hall–Kier alpha value is -0.770. The molecule has 0 aromatic carbocycles. The summed E-state index contributed by atoms with van der Waals surface area (Å²) in [5.74, 6) is 0.575. The first kappa shape index (κ1) is 16.3. The smallest absolute Gasteiger partial charge is 0.410 e. The zero-order chi connectivity index (χ0) is 14.6. The molecule has 1 amide bonds. The van der Waals surface area contributed by atoms with Crippen LogP contribution in [-0.4, -0.2) is 40.9 Å². The third-order valence-corrected chi connectivity index (χ3v) is 3.59. The monoisotopic (exact) mass is 271 g/mol. The van der Waals surface area contributed by atoms with E-state index in [1.165, 1.54) is 0 Å². The van der Waals surface area contributed by atoms with E-state index in [0.717, 1.165) is 25.8 Å². The summed E-state index contributed by atoms with van der Waals surface area (Å²) in [5.41, 5.74) is -0.444. The second kappa shape index (κ2) is 6.60. The molecular formula is C15H29NO3. The van der Waals surface area contributed by atoms with Gasteiger partial charge in [-0.15, -0.1) is 0 Å². The lowest BCUT2D eigenvalue weighted by atomic mass is 9.88. The maximum absolute atomic E-state index is 12.0. The zero-order valence-electron chi connectivity index (χ0n) is 13.0. The van der Waals surface area contributed by atoms with Crippen LogP contribution in [0.5, 0.6) is 0 Å². The predicted molar refractivity (Wildman–Crippen MR) is 76.0 cm³/mol. The van der Waals surface area contributed by atoms with Crippen LogP contribution in [-0.2, 0) is 4.74 Å². The highest BCUT2D eigenvalue weighted by molar-refractivity contribution is 5.68. The van der Waals surface area contributed by atoms with E-state index in [2.05, 4.69) is 0 Å². The van der Waals surface area contributed by atoms with Crippen molar-refractivity contribution in [3.63, 3.8) is 0 Å². The third-order valence-electron chi connectivity index (χ3n) is 3.59. The van der Waals surface area contributed by atoms with Gasteiger partial charge in [-0.05, 0) is 51.9 Å². The lowest BCUT2D eigenvalue weighted by molar-refractivity contribution is 0.0237. The van der Waals surface area contributed by atoms with Gasteiger partial charge in [0, 0.05) is 13.1 Å². The van der Waals surface area contributed by atoms with Gasteiger partial charge in [0.1, 0.15) is 5.60 Å². The van der Waals surface area contributed by atoms with Gasteiger partial charge >= 0.3 is 6.09 Å². The standard InChI is InChI=1S/C15H29NO3/c1-11(2)13(17)12-7-6-9-16(10-8-12)14(18)19-15(3,4)5/h11-13,17H,6-10H2,1-5H3. The highest BCUT2D eigenvalue weighted by atomic mass is 16.6. The number of hydrogen-bond donors (Lipinski definition) is 1. The van der Waals surface area contributed by atoms with Crippen molar-refractivity contribution in [3.05, 3.63) is 0 Å². The van der Waals surface area contributed by atoms with Crippen molar-refractivity contribution in [2.45, 2.75) is 65.6 Å². The first-order valence-corrected chi connectivity index (χ1v) is 7.36. The van der Waals surface area contributed by atoms with Gasteiger partial charge in [-0.25, -0.2) is 4.79 Å². The second-order valence-electron chi connectivity index (χ2n) is 6.89. The van der Waals surface area contributed by atoms with Crippen molar-refractivity contribution in [2.24, 2.45) is 11.8 Å². The average molecular weight is 271 g/mol. The lowest BCUT2D eigenvalue weighted by Crippen LogP contribution is -2.37. The molecule has 112 valence electrons. The Morgan fingerprint density at radius 3 is 2.42 bits per heavy atom. The number of ether oxygens (including phenoxy) is 1. The van der Waals surface area contributed by atoms with Crippen molar-refractivity contribution in [1.29, 1.82) is 0 Å². The van der Waals surface area contributed by atoms with E-state index in [1.54, 1.807) is 4.90 Å². The minimum absolute atomic E-state index is 0.229. The summed E-state index contributed by atoms with van der Waals surface area (Å²) in [7, 11) is 0. The first-order chi connectivity index (χ1) is 8.70. The first-order valence-electron chi connectivity index (χ1n) is 7.36. The Labute approximate surface area is 117 Å². The Morgan fingerprint density at radius 1 is 1.26 bits per heavy atom. The van der Waals surface area contributed by atoms with E-state index < -0.39 is 5.60 Å². The average Bonchev–Trinajstić information content (AvgIpc) is 2.50. The SMILES string of the molecule is CC(C)C(O)C1CCCN(C(=O)OC(C)(C)C)CC1. The highest BCUT2D eigenvalue weighted by Crippen LogP contribution is 2.25. The van der Waals surface area contributed by atoms with E-state index in [1.807, 2.05) is 34.6 Å². The second-order valence-corrected chi connectivity index (χ2v) is 6.89. The molecule has 4 nitrogen and oxygen atoms in total. The molecule has 1 N–H and O–H groups in total. The Balaban J connectivity index is 2.52. The molecule has 0 aliphatic carbocycles. The summed E-state index contributed by atoms with van der Waals surface area (Å²) in [4.78, 5) is 13.8.